The third kappa shape index (κ3) is 10.5. The number of thioether (sulfide) groups is 2. The molecule has 3 aliphatic rings. The van der Waals surface area contributed by atoms with Gasteiger partial charge in [0.2, 0.25) is 5.91 Å². The van der Waals surface area contributed by atoms with Gasteiger partial charge < -0.3 is 29.0 Å². The molecule has 1 fully saturated rings. The lowest BCUT2D eigenvalue weighted by Crippen LogP contribution is -2.70. The Bertz CT molecular complexity index is 2870. The van der Waals surface area contributed by atoms with Crippen molar-refractivity contribution in [2.45, 2.75) is 49.3 Å². The maximum atomic E-state index is 14.5. The molecule has 3 aliphatic heterocycles. The highest BCUT2D eigenvalue weighted by Crippen LogP contribution is 2.49. The Kier molecular flexibility index (Phi) is 13.8. The average molecular weight is 962 g/mol. The van der Waals surface area contributed by atoms with Crippen LogP contribution in [0.2, 0.25) is 0 Å². The molecule has 348 valence electrons. The molecule has 0 radical (unpaired) electrons. The van der Waals surface area contributed by atoms with E-state index in [1.165, 1.54) is 71.4 Å². The zero-order valence-electron chi connectivity index (χ0n) is 37.2. The lowest BCUT2D eigenvalue weighted by Gasteiger charge is -2.50. The maximum Gasteiger partial charge on any atom is 0.419 e. The summed E-state index contributed by atoms with van der Waals surface area (Å²) in [6.07, 6.45) is -1.36. The summed E-state index contributed by atoms with van der Waals surface area (Å²) in [5.74, 6) is -0.816. The molecule has 6 aromatic rings. The molecule has 1 saturated heterocycles. The summed E-state index contributed by atoms with van der Waals surface area (Å²) < 4.78 is 28.7. The fourth-order valence-electron chi connectivity index (χ4n) is 8.02. The third-order valence-corrected chi connectivity index (χ3v) is 13.6. The van der Waals surface area contributed by atoms with E-state index in [9.17, 15) is 28.8 Å². The van der Waals surface area contributed by atoms with Crippen LogP contribution in [-0.4, -0.2) is 63.6 Å². The Morgan fingerprint density at radius 2 is 1.29 bits per heavy atom. The minimum absolute atomic E-state index is 0.0911. The zero-order chi connectivity index (χ0) is 48.0. The Balaban J connectivity index is 0.913. The molecule has 0 saturated carbocycles. The van der Waals surface area contributed by atoms with Crippen LogP contribution in [0.1, 0.15) is 42.2 Å². The number of anilines is 2. The van der Waals surface area contributed by atoms with E-state index in [0.29, 0.717) is 34.0 Å². The van der Waals surface area contributed by atoms with Crippen molar-refractivity contribution in [1.82, 2.24) is 10.2 Å². The molecule has 16 heteroatoms. The number of carbonyl (C=O) groups excluding carboxylic acids is 6. The molecule has 2 atom stereocenters. The molecule has 14 nitrogen and oxygen atoms in total. The topological polar surface area (TPSA) is 167 Å². The smallest absolute Gasteiger partial charge is 0.419 e. The summed E-state index contributed by atoms with van der Waals surface area (Å²) in [6.45, 7) is 2.45. The van der Waals surface area contributed by atoms with Gasteiger partial charge in [-0.2, -0.15) is 0 Å². The lowest BCUT2D eigenvalue weighted by molar-refractivity contribution is -0.154. The van der Waals surface area contributed by atoms with E-state index < -0.39 is 41.5 Å². The Morgan fingerprint density at radius 3 is 1.86 bits per heavy atom. The van der Waals surface area contributed by atoms with Crippen molar-refractivity contribution in [3.05, 3.63) is 185 Å². The van der Waals surface area contributed by atoms with Gasteiger partial charge in [0.25, 0.3) is 5.91 Å². The van der Waals surface area contributed by atoms with Crippen molar-refractivity contribution in [1.29, 1.82) is 0 Å². The first kappa shape index (κ1) is 46.3. The number of fused-ring (bicyclic) bond motifs is 3. The summed E-state index contributed by atoms with van der Waals surface area (Å²) in [5.41, 5.74) is 4.59. The van der Waals surface area contributed by atoms with Crippen molar-refractivity contribution in [2.24, 2.45) is 0 Å². The fraction of sp³-hybridized carbons (Fsp3) is 0.170. The summed E-state index contributed by atoms with van der Waals surface area (Å²) in [6, 6.07) is 43.9. The van der Waals surface area contributed by atoms with Crippen LogP contribution in [0.3, 0.4) is 0 Å². The minimum Gasteiger partial charge on any atom is -0.453 e. The average Bonchev–Trinajstić information content (AvgIpc) is 3.35. The van der Waals surface area contributed by atoms with Crippen molar-refractivity contribution in [3.63, 3.8) is 0 Å². The maximum absolute atomic E-state index is 14.5. The highest BCUT2D eigenvalue weighted by atomic mass is 32.2. The second-order valence-corrected chi connectivity index (χ2v) is 18.2. The number of esters is 3. The van der Waals surface area contributed by atoms with Gasteiger partial charge in [0.1, 0.15) is 35.2 Å². The number of nitrogens with one attached hydrogen (secondary N) is 1. The predicted octanol–water partition coefficient (Wildman–Crippen LogP) is 9.44. The summed E-state index contributed by atoms with van der Waals surface area (Å²) in [4.78, 5) is 82.5. The normalized spacial score (nSPS) is 15.7. The summed E-state index contributed by atoms with van der Waals surface area (Å²) >= 11 is 2.95. The minimum atomic E-state index is -0.808. The van der Waals surface area contributed by atoms with E-state index in [2.05, 4.69) is 5.32 Å². The summed E-state index contributed by atoms with van der Waals surface area (Å²) in [7, 11) is 0. The number of hydrogen-bond acceptors (Lipinski definition) is 13. The predicted molar refractivity (Wildman–Crippen MR) is 258 cm³/mol. The van der Waals surface area contributed by atoms with Gasteiger partial charge in [-0.05, 0) is 64.2 Å². The molecule has 3 amide bonds. The highest BCUT2D eigenvalue weighted by molar-refractivity contribution is 8.01. The Morgan fingerprint density at radius 1 is 0.725 bits per heavy atom. The van der Waals surface area contributed by atoms with Gasteiger partial charge in [0.15, 0.2) is 17.6 Å². The number of hydrogen-bond donors (Lipinski definition) is 1. The molecule has 0 aliphatic carbocycles. The van der Waals surface area contributed by atoms with Crippen molar-refractivity contribution >= 4 is 70.7 Å². The van der Waals surface area contributed by atoms with Crippen LogP contribution in [-0.2, 0) is 46.5 Å². The van der Waals surface area contributed by atoms with Gasteiger partial charge in [-0.25, -0.2) is 14.5 Å². The van der Waals surface area contributed by atoms with Gasteiger partial charge in [0.05, 0.1) is 17.8 Å². The van der Waals surface area contributed by atoms with Gasteiger partial charge in [-0.3, -0.25) is 24.1 Å². The molecule has 0 aromatic heterocycles. The molecular weight excluding hydrogens is 919 g/mol. The first-order chi connectivity index (χ1) is 33.5. The largest absolute Gasteiger partial charge is 0.453 e. The van der Waals surface area contributed by atoms with Crippen molar-refractivity contribution in [3.8, 4) is 23.0 Å². The first-order valence-corrected chi connectivity index (χ1v) is 23.8. The van der Waals surface area contributed by atoms with Crippen LogP contribution >= 0.6 is 23.5 Å². The lowest BCUT2D eigenvalue weighted by atomic mass is 10.0. The number of β-lactam (4-membered cyclic amide) rings is 1. The molecule has 2 unspecified atom stereocenters. The molecule has 3 heterocycles. The van der Waals surface area contributed by atoms with E-state index >= 15 is 0 Å². The molecule has 69 heavy (non-hydrogen) atoms. The van der Waals surface area contributed by atoms with Gasteiger partial charge in [-0.15, -0.1) is 23.5 Å². The van der Waals surface area contributed by atoms with E-state index in [4.69, 9.17) is 23.7 Å². The first-order valence-electron chi connectivity index (χ1n) is 21.8. The van der Waals surface area contributed by atoms with E-state index in [1.54, 1.807) is 12.1 Å². The Labute approximate surface area is 405 Å². The van der Waals surface area contributed by atoms with Crippen LogP contribution in [0.25, 0.3) is 0 Å². The third-order valence-electron chi connectivity index (χ3n) is 11.2. The van der Waals surface area contributed by atoms with Crippen LogP contribution in [0, 0.1) is 0 Å². The van der Waals surface area contributed by atoms with Crippen molar-refractivity contribution in [2.75, 3.05) is 16.4 Å². The zero-order valence-corrected chi connectivity index (χ0v) is 38.8. The second-order valence-electron chi connectivity index (χ2n) is 16.0. The quantitative estimate of drug-likeness (QED) is 0.0475. The SMILES string of the molecule is CC(=O)Oc1ccc2c(c1)Oc1cc(OC(C)=O)ccc1N2C(=O)OCc1ccc(SCC2=C(C(=O)OC(c3ccccc3)c3ccccc3)N3C(=O)C(NC(=O)Cc4ccccc4)C3SC2)cc1. The monoisotopic (exact) mass is 961 g/mol. The molecule has 6 aromatic carbocycles. The number of benzene rings is 6. The van der Waals surface area contributed by atoms with Crippen LogP contribution < -0.4 is 24.4 Å². The van der Waals surface area contributed by atoms with Crippen LogP contribution in [0.15, 0.2) is 168 Å². The van der Waals surface area contributed by atoms with Crippen molar-refractivity contribution < 1.29 is 52.5 Å². The van der Waals surface area contributed by atoms with Gasteiger partial charge in [-0.1, -0.05) is 103 Å². The summed E-state index contributed by atoms with van der Waals surface area (Å²) in [5, 5.41) is 2.40. The molecular formula is C53H43N3O11S2. The second kappa shape index (κ2) is 20.6. The van der Waals surface area contributed by atoms with Crippen LogP contribution in [0.5, 0.6) is 23.0 Å². The van der Waals surface area contributed by atoms with Gasteiger partial charge in [0, 0.05) is 42.4 Å². The van der Waals surface area contributed by atoms with E-state index in [1.807, 2.05) is 115 Å². The van der Waals surface area contributed by atoms with Gasteiger partial charge >= 0.3 is 24.0 Å². The standard InChI is InChI=1S/C53H43N3O11S2/c1-32(57)64-39-20-24-42-44(27-39)66-45-28-40(65-33(2)58)21-25-43(45)55(42)53(62)63-29-35-18-22-41(23-19-35)68-30-38-31-69-51-47(54-46(59)26-34-12-6-3-7-13-34)50(60)56(51)48(38)52(61)67-49(36-14-8-4-9-15-36)37-16-10-5-11-17-37/h3-25,27-28,47,49,51H,26,29-31H2,1-2H3,(H,54,59). The fourth-order valence-corrected chi connectivity index (χ4v) is 10.4. The molecule has 9 rings (SSSR count). The number of nitrogens with zero attached hydrogens (tertiary/aromatic N) is 2. The van der Waals surface area contributed by atoms with E-state index in [0.717, 1.165) is 21.6 Å². The number of rotatable bonds is 14. The highest BCUT2D eigenvalue weighted by Gasteiger charge is 2.54. The molecule has 0 bridgehead atoms. The Hall–Kier alpha value is -7.82. The number of amides is 3. The number of ether oxygens (including phenoxy) is 5. The molecule has 1 N–H and O–H groups in total. The number of carbonyl (C=O) groups is 6. The molecule has 0 spiro atoms. The van der Waals surface area contributed by atoms with Crippen LogP contribution in [0.4, 0.5) is 16.2 Å². The van der Waals surface area contributed by atoms with E-state index in [-0.39, 0.29) is 53.5 Å².